The molecule has 0 fully saturated rings. The van der Waals surface area contributed by atoms with E-state index in [4.69, 9.17) is 0 Å². The van der Waals surface area contributed by atoms with Gasteiger partial charge in [0.15, 0.2) is 0 Å². The molecule has 1 aromatic carbocycles. The number of carbonyl (C=O) groups is 1. The second-order valence-corrected chi connectivity index (χ2v) is 5.29. The number of aromatic nitrogens is 3. The molecule has 0 radical (unpaired) electrons. The molecule has 24 heavy (non-hydrogen) atoms. The Balaban J connectivity index is 1.56. The van der Waals surface area contributed by atoms with Gasteiger partial charge in [-0.25, -0.2) is 4.98 Å². The molecule has 0 aliphatic carbocycles. The minimum atomic E-state index is -0.159. The van der Waals surface area contributed by atoms with Crippen LogP contribution in [0.3, 0.4) is 0 Å². The van der Waals surface area contributed by atoms with Crippen molar-refractivity contribution < 1.29 is 4.79 Å². The van der Waals surface area contributed by atoms with Gasteiger partial charge in [0, 0.05) is 37.4 Å². The lowest BCUT2D eigenvalue weighted by molar-refractivity contribution is -0.116. The van der Waals surface area contributed by atoms with E-state index >= 15 is 0 Å². The van der Waals surface area contributed by atoms with Crippen molar-refractivity contribution in [2.24, 2.45) is 0 Å². The first-order valence-electron chi connectivity index (χ1n) is 7.71. The fraction of sp³-hybridized carbons (Fsp3) is 0.105. The van der Waals surface area contributed by atoms with Crippen molar-refractivity contribution in [2.75, 3.05) is 0 Å². The van der Waals surface area contributed by atoms with E-state index in [-0.39, 0.29) is 5.91 Å². The van der Waals surface area contributed by atoms with Gasteiger partial charge in [-0.2, -0.15) is 0 Å². The Hall–Kier alpha value is -3.21. The molecule has 0 spiro atoms. The fourth-order valence-corrected chi connectivity index (χ4v) is 2.30. The molecule has 0 aliphatic rings. The highest BCUT2D eigenvalue weighted by Gasteiger charge is 2.04. The third kappa shape index (κ3) is 4.39. The maximum Gasteiger partial charge on any atom is 0.244 e. The van der Waals surface area contributed by atoms with Gasteiger partial charge in [0.05, 0.1) is 6.54 Å². The molecular formula is C19H18N4O. The number of rotatable bonds is 6. The second-order valence-electron chi connectivity index (χ2n) is 5.29. The van der Waals surface area contributed by atoms with Crippen LogP contribution in [0.5, 0.6) is 0 Å². The summed E-state index contributed by atoms with van der Waals surface area (Å²) in [5.41, 5.74) is 2.08. The van der Waals surface area contributed by atoms with Crippen LogP contribution in [0.4, 0.5) is 0 Å². The molecule has 2 aromatic heterocycles. The van der Waals surface area contributed by atoms with E-state index in [2.05, 4.69) is 27.4 Å². The van der Waals surface area contributed by atoms with E-state index in [1.165, 1.54) is 11.6 Å². The van der Waals surface area contributed by atoms with Crippen LogP contribution in [0.15, 0.2) is 73.3 Å². The SMILES string of the molecule is O=C(/C=C\c1cccnc1)NCc1nccn1Cc1ccccc1. The Bertz CT molecular complexity index is 810. The minimum Gasteiger partial charge on any atom is -0.345 e. The number of benzene rings is 1. The van der Waals surface area contributed by atoms with Crippen LogP contribution >= 0.6 is 0 Å². The van der Waals surface area contributed by atoms with Gasteiger partial charge in [-0.3, -0.25) is 9.78 Å². The lowest BCUT2D eigenvalue weighted by Gasteiger charge is -2.08. The fourth-order valence-electron chi connectivity index (χ4n) is 2.30. The average Bonchev–Trinajstić information content (AvgIpc) is 3.07. The van der Waals surface area contributed by atoms with E-state index < -0.39 is 0 Å². The molecule has 1 amide bonds. The van der Waals surface area contributed by atoms with Crippen molar-refractivity contribution in [1.29, 1.82) is 0 Å². The van der Waals surface area contributed by atoms with Gasteiger partial charge < -0.3 is 9.88 Å². The highest BCUT2D eigenvalue weighted by Crippen LogP contribution is 2.05. The molecule has 1 N–H and O–H groups in total. The summed E-state index contributed by atoms with van der Waals surface area (Å²) in [6, 6.07) is 13.9. The lowest BCUT2D eigenvalue weighted by atomic mass is 10.2. The highest BCUT2D eigenvalue weighted by atomic mass is 16.1. The molecule has 0 atom stereocenters. The first-order valence-corrected chi connectivity index (χ1v) is 7.71. The lowest BCUT2D eigenvalue weighted by Crippen LogP contribution is -2.22. The van der Waals surface area contributed by atoms with Crippen molar-refractivity contribution in [2.45, 2.75) is 13.1 Å². The van der Waals surface area contributed by atoms with Gasteiger partial charge in [-0.05, 0) is 23.3 Å². The smallest absolute Gasteiger partial charge is 0.244 e. The molecule has 0 saturated heterocycles. The van der Waals surface area contributed by atoms with Gasteiger partial charge in [0.1, 0.15) is 5.82 Å². The molecule has 0 saturated carbocycles. The predicted molar refractivity (Wildman–Crippen MR) is 92.9 cm³/mol. The Morgan fingerprint density at radius 1 is 1.12 bits per heavy atom. The largest absolute Gasteiger partial charge is 0.345 e. The van der Waals surface area contributed by atoms with Crippen molar-refractivity contribution >= 4 is 12.0 Å². The monoisotopic (exact) mass is 318 g/mol. The Morgan fingerprint density at radius 2 is 2.00 bits per heavy atom. The Kier molecular flexibility index (Phi) is 5.14. The Labute approximate surface area is 140 Å². The third-order valence-corrected chi connectivity index (χ3v) is 3.53. The average molecular weight is 318 g/mol. The first kappa shape index (κ1) is 15.7. The summed E-state index contributed by atoms with van der Waals surface area (Å²) in [6.45, 7) is 1.12. The maximum atomic E-state index is 11.9. The van der Waals surface area contributed by atoms with Crippen molar-refractivity contribution in [3.63, 3.8) is 0 Å². The van der Waals surface area contributed by atoms with E-state index in [1.807, 2.05) is 41.1 Å². The van der Waals surface area contributed by atoms with E-state index in [9.17, 15) is 4.79 Å². The normalized spacial score (nSPS) is 10.8. The number of pyridine rings is 1. The number of amides is 1. The minimum absolute atomic E-state index is 0.159. The molecule has 0 unspecified atom stereocenters. The zero-order chi connectivity index (χ0) is 16.6. The topological polar surface area (TPSA) is 59.8 Å². The number of hydrogen-bond donors (Lipinski definition) is 1. The zero-order valence-electron chi connectivity index (χ0n) is 13.2. The van der Waals surface area contributed by atoms with Crippen LogP contribution in [0.1, 0.15) is 17.0 Å². The van der Waals surface area contributed by atoms with Crippen LogP contribution in [0.2, 0.25) is 0 Å². The molecule has 3 rings (SSSR count). The summed E-state index contributed by atoms with van der Waals surface area (Å²) in [4.78, 5) is 20.2. The maximum absolute atomic E-state index is 11.9. The third-order valence-electron chi connectivity index (χ3n) is 3.53. The molecule has 5 nitrogen and oxygen atoms in total. The number of nitrogens with zero attached hydrogens (tertiary/aromatic N) is 3. The van der Waals surface area contributed by atoms with Gasteiger partial charge in [0.2, 0.25) is 5.91 Å². The summed E-state index contributed by atoms with van der Waals surface area (Å²) in [5, 5.41) is 2.85. The summed E-state index contributed by atoms with van der Waals surface area (Å²) in [7, 11) is 0. The predicted octanol–water partition coefficient (Wildman–Crippen LogP) is 2.66. The molecular weight excluding hydrogens is 300 g/mol. The molecule has 120 valence electrons. The second kappa shape index (κ2) is 7.87. The number of hydrogen-bond acceptors (Lipinski definition) is 3. The molecule has 2 heterocycles. The quantitative estimate of drug-likeness (QED) is 0.711. The number of nitrogens with one attached hydrogen (secondary N) is 1. The Morgan fingerprint density at radius 3 is 2.79 bits per heavy atom. The van der Waals surface area contributed by atoms with E-state index in [0.717, 1.165) is 17.9 Å². The van der Waals surface area contributed by atoms with E-state index in [1.54, 1.807) is 24.7 Å². The number of carbonyl (C=O) groups excluding carboxylic acids is 1. The summed E-state index contributed by atoms with van der Waals surface area (Å²) >= 11 is 0. The molecule has 5 heteroatoms. The standard InChI is InChI=1S/C19H18N4O/c24-19(9-8-16-7-4-10-20-13-16)22-14-18-21-11-12-23(18)15-17-5-2-1-3-6-17/h1-13H,14-15H2,(H,22,24)/b9-8-. The van der Waals surface area contributed by atoms with Crippen molar-refractivity contribution in [3.8, 4) is 0 Å². The van der Waals surface area contributed by atoms with Crippen molar-refractivity contribution in [3.05, 3.63) is 90.3 Å². The van der Waals surface area contributed by atoms with Crippen molar-refractivity contribution in [1.82, 2.24) is 19.9 Å². The van der Waals surface area contributed by atoms with Crippen LogP contribution in [-0.2, 0) is 17.9 Å². The summed E-state index contributed by atoms with van der Waals surface area (Å²) in [5.74, 6) is 0.662. The molecule has 0 aliphatic heterocycles. The molecule has 0 bridgehead atoms. The van der Waals surface area contributed by atoms with Crippen LogP contribution in [0.25, 0.3) is 6.08 Å². The number of imidazole rings is 1. The van der Waals surface area contributed by atoms with Gasteiger partial charge >= 0.3 is 0 Å². The van der Waals surface area contributed by atoms with Crippen LogP contribution < -0.4 is 5.32 Å². The van der Waals surface area contributed by atoms with Crippen LogP contribution in [-0.4, -0.2) is 20.4 Å². The van der Waals surface area contributed by atoms with E-state index in [0.29, 0.717) is 6.54 Å². The van der Waals surface area contributed by atoms with Gasteiger partial charge in [-0.15, -0.1) is 0 Å². The zero-order valence-corrected chi connectivity index (χ0v) is 13.2. The summed E-state index contributed by atoms with van der Waals surface area (Å²) < 4.78 is 2.03. The molecule has 3 aromatic rings. The van der Waals surface area contributed by atoms with Crippen LogP contribution in [0, 0.1) is 0 Å². The van der Waals surface area contributed by atoms with Gasteiger partial charge in [-0.1, -0.05) is 36.4 Å². The summed E-state index contributed by atoms with van der Waals surface area (Å²) in [6.07, 6.45) is 10.3. The highest BCUT2D eigenvalue weighted by molar-refractivity contribution is 5.91. The van der Waals surface area contributed by atoms with Gasteiger partial charge in [0.25, 0.3) is 0 Å². The first-order chi connectivity index (χ1) is 11.8.